The number of aryl methyl sites for hydroxylation is 2. The lowest BCUT2D eigenvalue weighted by molar-refractivity contribution is 0.102. The van der Waals surface area contributed by atoms with Crippen molar-refractivity contribution in [2.75, 3.05) is 5.75 Å². The number of hydrogen-bond donors (Lipinski definition) is 0. The predicted octanol–water partition coefficient (Wildman–Crippen LogP) is 5.24. The van der Waals surface area contributed by atoms with Crippen molar-refractivity contribution in [2.45, 2.75) is 32.0 Å². The van der Waals surface area contributed by atoms with Gasteiger partial charge in [0.25, 0.3) is 0 Å². The highest BCUT2D eigenvalue weighted by Gasteiger charge is 2.18. The third kappa shape index (κ3) is 4.24. The number of thiophene rings is 2. The fourth-order valence-electron chi connectivity index (χ4n) is 3.37. The molecule has 150 valence electrons. The molecule has 0 bridgehead atoms. The van der Waals surface area contributed by atoms with Crippen LogP contribution in [-0.2, 0) is 20.0 Å². The number of carbonyl (C=O) groups excluding carboxylic acids is 1. The molecule has 0 N–H and O–H groups in total. The van der Waals surface area contributed by atoms with Gasteiger partial charge in [0.2, 0.25) is 0 Å². The molecule has 0 unspecified atom stereocenters. The summed E-state index contributed by atoms with van der Waals surface area (Å²) in [4.78, 5) is 15.3. The average molecular weight is 443 g/mol. The average Bonchev–Trinajstić information content (AvgIpc) is 3.48. The van der Waals surface area contributed by atoms with Gasteiger partial charge in [-0.3, -0.25) is 4.79 Å². The molecule has 4 aromatic heterocycles. The summed E-state index contributed by atoms with van der Waals surface area (Å²) in [7, 11) is 1.94. The Morgan fingerprint density at radius 3 is 2.66 bits per heavy atom. The van der Waals surface area contributed by atoms with Gasteiger partial charge in [0, 0.05) is 35.4 Å². The molecule has 0 aliphatic carbocycles. The maximum atomic E-state index is 12.9. The van der Waals surface area contributed by atoms with Crippen LogP contribution in [0.15, 0.2) is 46.2 Å². The Hall–Kier alpha value is -2.16. The van der Waals surface area contributed by atoms with E-state index in [0.717, 1.165) is 45.8 Å². The predicted molar refractivity (Wildman–Crippen MR) is 121 cm³/mol. The quantitative estimate of drug-likeness (QED) is 0.277. The number of rotatable bonds is 8. The van der Waals surface area contributed by atoms with Crippen LogP contribution in [0.4, 0.5) is 0 Å². The normalized spacial score (nSPS) is 11.3. The smallest absolute Gasteiger partial charge is 0.191 e. The number of thioether (sulfide) groups is 1. The summed E-state index contributed by atoms with van der Waals surface area (Å²) in [5, 5.41) is 13.4. The lowest BCUT2D eigenvalue weighted by atomic mass is 10.2. The minimum atomic E-state index is 0.131. The molecule has 0 radical (unpaired) electrons. The Morgan fingerprint density at radius 2 is 1.93 bits per heavy atom. The third-order valence-electron chi connectivity index (χ3n) is 4.94. The highest BCUT2D eigenvalue weighted by atomic mass is 32.2. The van der Waals surface area contributed by atoms with Crippen LogP contribution in [-0.4, -0.2) is 30.9 Å². The van der Waals surface area contributed by atoms with E-state index in [-0.39, 0.29) is 5.78 Å². The molecule has 5 nitrogen and oxygen atoms in total. The van der Waals surface area contributed by atoms with Crippen molar-refractivity contribution in [3.8, 4) is 10.7 Å². The maximum Gasteiger partial charge on any atom is 0.191 e. The first-order valence-electron chi connectivity index (χ1n) is 9.33. The second-order valence-electron chi connectivity index (χ2n) is 6.82. The number of aromatic nitrogens is 4. The van der Waals surface area contributed by atoms with Crippen molar-refractivity contribution in [3.63, 3.8) is 0 Å². The van der Waals surface area contributed by atoms with Crippen LogP contribution >= 0.6 is 34.4 Å². The number of nitrogens with zero attached hydrogens (tertiary/aromatic N) is 4. The zero-order valence-corrected chi connectivity index (χ0v) is 19.0. The monoisotopic (exact) mass is 442 g/mol. The van der Waals surface area contributed by atoms with Gasteiger partial charge in [-0.15, -0.1) is 32.9 Å². The molecule has 0 spiro atoms. The van der Waals surface area contributed by atoms with Gasteiger partial charge in [-0.05, 0) is 49.2 Å². The van der Waals surface area contributed by atoms with Crippen molar-refractivity contribution in [2.24, 2.45) is 7.05 Å². The molecule has 0 aromatic carbocycles. The molecule has 0 saturated heterocycles. The Bertz CT molecular complexity index is 1110. The van der Waals surface area contributed by atoms with E-state index in [1.165, 1.54) is 16.6 Å². The summed E-state index contributed by atoms with van der Waals surface area (Å²) in [6.45, 7) is 5.00. The van der Waals surface area contributed by atoms with Crippen LogP contribution in [0.1, 0.15) is 26.6 Å². The molecule has 8 heteroatoms. The lowest BCUT2D eigenvalue weighted by Gasteiger charge is -2.09. The van der Waals surface area contributed by atoms with E-state index in [1.54, 1.807) is 22.7 Å². The first-order chi connectivity index (χ1) is 14.0. The van der Waals surface area contributed by atoms with Gasteiger partial charge in [-0.25, -0.2) is 0 Å². The van der Waals surface area contributed by atoms with Crippen LogP contribution in [0.5, 0.6) is 0 Å². The summed E-state index contributed by atoms with van der Waals surface area (Å²) >= 11 is 4.85. The number of hydrogen-bond acceptors (Lipinski definition) is 6. The standard InChI is InChI=1S/C21H22N4OS3/c1-14-12-17(15(2)25(14)9-8-16-6-4-10-27-16)18(26)13-29-21-23-22-20(24(21)3)19-7-5-11-28-19/h4-7,10-12H,8-9,13H2,1-3H3. The van der Waals surface area contributed by atoms with E-state index < -0.39 is 0 Å². The number of carbonyl (C=O) groups is 1. The van der Waals surface area contributed by atoms with Crippen molar-refractivity contribution < 1.29 is 4.79 Å². The summed E-state index contributed by atoms with van der Waals surface area (Å²) in [5.41, 5.74) is 2.98. The molecule has 0 fully saturated rings. The van der Waals surface area contributed by atoms with E-state index in [1.807, 2.05) is 42.1 Å². The van der Waals surface area contributed by atoms with Gasteiger partial charge in [0.05, 0.1) is 10.6 Å². The highest BCUT2D eigenvalue weighted by molar-refractivity contribution is 7.99. The molecular formula is C21H22N4OS3. The molecule has 4 heterocycles. The van der Waals surface area contributed by atoms with Crippen molar-refractivity contribution in [1.82, 2.24) is 19.3 Å². The zero-order chi connectivity index (χ0) is 20.4. The molecule has 29 heavy (non-hydrogen) atoms. The molecule has 4 aromatic rings. The minimum Gasteiger partial charge on any atom is -0.348 e. The molecule has 0 saturated carbocycles. The maximum absolute atomic E-state index is 12.9. The lowest BCUT2D eigenvalue weighted by Crippen LogP contribution is -2.08. The molecule has 0 amide bonds. The van der Waals surface area contributed by atoms with E-state index in [0.29, 0.717) is 5.75 Å². The van der Waals surface area contributed by atoms with E-state index >= 15 is 0 Å². The summed E-state index contributed by atoms with van der Waals surface area (Å²) < 4.78 is 4.20. The minimum absolute atomic E-state index is 0.131. The van der Waals surface area contributed by atoms with Crippen molar-refractivity contribution in [3.05, 3.63) is 62.9 Å². The topological polar surface area (TPSA) is 52.7 Å². The van der Waals surface area contributed by atoms with Crippen molar-refractivity contribution >= 4 is 40.2 Å². The Kier molecular flexibility index (Phi) is 6.03. The van der Waals surface area contributed by atoms with Gasteiger partial charge in [0.15, 0.2) is 16.8 Å². The van der Waals surface area contributed by atoms with Gasteiger partial charge in [-0.1, -0.05) is 23.9 Å². The first kappa shape index (κ1) is 20.1. The Balaban J connectivity index is 1.43. The number of ketones is 1. The van der Waals surface area contributed by atoms with Gasteiger partial charge >= 0.3 is 0 Å². The van der Waals surface area contributed by atoms with Gasteiger partial charge in [-0.2, -0.15) is 0 Å². The van der Waals surface area contributed by atoms with Gasteiger partial charge < -0.3 is 9.13 Å². The molecule has 0 aliphatic heterocycles. The highest BCUT2D eigenvalue weighted by Crippen LogP contribution is 2.27. The van der Waals surface area contributed by atoms with Crippen molar-refractivity contribution in [1.29, 1.82) is 0 Å². The Morgan fingerprint density at radius 1 is 1.14 bits per heavy atom. The second kappa shape index (κ2) is 8.69. The van der Waals surface area contributed by atoms with Crippen LogP contribution in [0, 0.1) is 13.8 Å². The van der Waals surface area contributed by atoms with E-state index in [9.17, 15) is 4.79 Å². The fourth-order valence-corrected chi connectivity index (χ4v) is 5.61. The van der Waals surface area contributed by atoms with Crippen LogP contribution in [0.2, 0.25) is 0 Å². The Labute approximate surface area is 182 Å². The van der Waals surface area contributed by atoms with Gasteiger partial charge in [0.1, 0.15) is 0 Å². The fraction of sp³-hybridized carbons (Fsp3) is 0.286. The van der Waals surface area contributed by atoms with Crippen LogP contribution in [0.25, 0.3) is 10.7 Å². The first-order valence-corrected chi connectivity index (χ1v) is 12.1. The molecule has 0 aliphatic rings. The molecule has 0 atom stereocenters. The van der Waals surface area contributed by atoms with Crippen LogP contribution < -0.4 is 0 Å². The number of Topliss-reactive ketones (excluding diaryl/α,β-unsaturated/α-hetero) is 1. The zero-order valence-electron chi connectivity index (χ0n) is 16.6. The summed E-state index contributed by atoms with van der Waals surface area (Å²) in [6, 6.07) is 10.3. The SMILES string of the molecule is Cc1cc(C(=O)CSc2nnc(-c3cccs3)n2C)c(C)n1CCc1cccs1. The molecular weight excluding hydrogens is 420 g/mol. The van der Waals surface area contributed by atoms with Crippen LogP contribution in [0.3, 0.4) is 0 Å². The largest absolute Gasteiger partial charge is 0.348 e. The summed E-state index contributed by atoms with van der Waals surface area (Å²) in [6.07, 6.45) is 0.987. The molecule has 4 rings (SSSR count). The second-order valence-corrected chi connectivity index (χ2v) is 9.74. The summed E-state index contributed by atoms with van der Waals surface area (Å²) in [5.74, 6) is 1.32. The van der Waals surface area contributed by atoms with E-state index in [2.05, 4.69) is 39.2 Å². The van der Waals surface area contributed by atoms with E-state index in [4.69, 9.17) is 0 Å². The third-order valence-corrected chi connectivity index (χ3v) is 7.77.